The van der Waals surface area contributed by atoms with E-state index in [0.29, 0.717) is 5.69 Å². The van der Waals surface area contributed by atoms with E-state index in [4.69, 9.17) is 0 Å². The topological polar surface area (TPSA) is 46.4 Å². The summed E-state index contributed by atoms with van der Waals surface area (Å²) >= 11 is 0. The number of hydrogen-bond acceptors (Lipinski definition) is 3. The maximum atomic E-state index is 13.3. The van der Waals surface area contributed by atoms with Gasteiger partial charge in [-0.1, -0.05) is 0 Å². The van der Waals surface area contributed by atoms with Crippen LogP contribution in [0.3, 0.4) is 0 Å². The molecule has 1 aliphatic heterocycles. The molecular formula is C10H10F2N2O2. The lowest BCUT2D eigenvalue weighted by Gasteiger charge is -2.17. The van der Waals surface area contributed by atoms with Crippen molar-refractivity contribution in [2.24, 2.45) is 0 Å². The Morgan fingerprint density at radius 1 is 1.19 bits per heavy atom. The lowest BCUT2D eigenvalue weighted by molar-refractivity contribution is -0.390. The van der Waals surface area contributed by atoms with Crippen molar-refractivity contribution in [3.8, 4) is 0 Å². The first-order valence-electron chi connectivity index (χ1n) is 4.98. The summed E-state index contributed by atoms with van der Waals surface area (Å²) < 4.78 is 26.6. The molecule has 6 heteroatoms. The Hall–Kier alpha value is -1.72. The van der Waals surface area contributed by atoms with Crippen LogP contribution in [0.1, 0.15) is 12.8 Å². The van der Waals surface area contributed by atoms with Gasteiger partial charge in [0, 0.05) is 30.9 Å². The van der Waals surface area contributed by atoms with E-state index >= 15 is 0 Å². The Kier molecular flexibility index (Phi) is 2.72. The summed E-state index contributed by atoms with van der Waals surface area (Å²) in [5, 5.41) is 10.4. The molecule has 0 bridgehead atoms. The van der Waals surface area contributed by atoms with Crippen LogP contribution in [-0.4, -0.2) is 18.0 Å². The zero-order valence-electron chi connectivity index (χ0n) is 8.45. The molecule has 0 aliphatic carbocycles. The van der Waals surface area contributed by atoms with Crippen molar-refractivity contribution in [1.29, 1.82) is 0 Å². The molecule has 0 spiro atoms. The SMILES string of the molecule is O=[N+]([O-])c1c(F)cc(N2CCCC2)cc1F. The Labute approximate surface area is 90.6 Å². The molecule has 1 fully saturated rings. The maximum absolute atomic E-state index is 13.3. The van der Waals surface area contributed by atoms with E-state index in [-0.39, 0.29) is 0 Å². The Morgan fingerprint density at radius 3 is 2.12 bits per heavy atom. The number of anilines is 1. The van der Waals surface area contributed by atoms with E-state index in [2.05, 4.69) is 0 Å². The first kappa shape index (κ1) is 10.8. The number of nitro groups is 1. The molecule has 0 saturated carbocycles. The minimum absolute atomic E-state index is 0.373. The minimum Gasteiger partial charge on any atom is -0.371 e. The molecule has 1 aromatic carbocycles. The van der Waals surface area contributed by atoms with Gasteiger partial charge in [0.15, 0.2) is 0 Å². The van der Waals surface area contributed by atoms with Crippen molar-refractivity contribution < 1.29 is 13.7 Å². The summed E-state index contributed by atoms with van der Waals surface area (Å²) in [5.41, 5.74) is -0.707. The van der Waals surface area contributed by atoms with Crippen LogP contribution in [0, 0.1) is 21.7 Å². The smallest absolute Gasteiger partial charge is 0.340 e. The molecule has 0 unspecified atom stereocenters. The van der Waals surface area contributed by atoms with Gasteiger partial charge in [0.1, 0.15) is 0 Å². The predicted octanol–water partition coefficient (Wildman–Crippen LogP) is 2.47. The zero-order chi connectivity index (χ0) is 11.7. The third-order valence-electron chi connectivity index (χ3n) is 2.66. The summed E-state index contributed by atoms with van der Waals surface area (Å²) in [6.07, 6.45) is 1.94. The van der Waals surface area contributed by atoms with E-state index in [1.807, 2.05) is 4.90 Å². The van der Waals surface area contributed by atoms with Crippen LogP contribution in [0.15, 0.2) is 12.1 Å². The second-order valence-electron chi connectivity index (χ2n) is 3.71. The summed E-state index contributed by atoms with van der Waals surface area (Å²) in [6.45, 7) is 1.47. The fourth-order valence-electron chi connectivity index (χ4n) is 1.88. The normalized spacial score (nSPS) is 15.5. The number of rotatable bonds is 2. The highest BCUT2D eigenvalue weighted by molar-refractivity contribution is 5.53. The number of hydrogen-bond donors (Lipinski definition) is 0. The summed E-state index contributed by atoms with van der Waals surface area (Å²) in [6, 6.07) is 2.04. The average molecular weight is 228 g/mol. The van der Waals surface area contributed by atoms with Crippen LogP contribution in [0.4, 0.5) is 20.2 Å². The lowest BCUT2D eigenvalue weighted by atomic mass is 10.2. The molecule has 1 aromatic rings. The summed E-state index contributed by atoms with van der Waals surface area (Å²) in [7, 11) is 0. The van der Waals surface area contributed by atoms with Gasteiger partial charge < -0.3 is 4.90 Å². The van der Waals surface area contributed by atoms with E-state index in [9.17, 15) is 18.9 Å². The van der Waals surface area contributed by atoms with Crippen LogP contribution in [0.2, 0.25) is 0 Å². The van der Waals surface area contributed by atoms with Gasteiger partial charge in [0.2, 0.25) is 11.6 Å². The number of nitro benzene ring substituents is 1. The van der Waals surface area contributed by atoms with Crippen LogP contribution < -0.4 is 4.90 Å². The lowest BCUT2D eigenvalue weighted by Crippen LogP contribution is -2.18. The maximum Gasteiger partial charge on any atom is 0.340 e. The molecule has 1 saturated heterocycles. The van der Waals surface area contributed by atoms with Gasteiger partial charge in [0.25, 0.3) is 0 Å². The van der Waals surface area contributed by atoms with Gasteiger partial charge >= 0.3 is 5.69 Å². The third kappa shape index (κ3) is 1.82. The molecule has 2 rings (SSSR count). The fraction of sp³-hybridized carbons (Fsp3) is 0.400. The van der Waals surface area contributed by atoms with Gasteiger partial charge in [0.05, 0.1) is 4.92 Å². The van der Waals surface area contributed by atoms with Gasteiger partial charge in [-0.3, -0.25) is 10.1 Å². The molecule has 0 atom stereocenters. The number of halogens is 2. The third-order valence-corrected chi connectivity index (χ3v) is 2.66. The quantitative estimate of drug-likeness (QED) is 0.577. The van der Waals surface area contributed by atoms with E-state index < -0.39 is 22.2 Å². The molecule has 1 aliphatic rings. The fourth-order valence-corrected chi connectivity index (χ4v) is 1.88. The molecule has 0 radical (unpaired) electrons. The second kappa shape index (κ2) is 4.03. The molecule has 16 heavy (non-hydrogen) atoms. The largest absolute Gasteiger partial charge is 0.371 e. The molecular weight excluding hydrogens is 218 g/mol. The van der Waals surface area contributed by atoms with E-state index in [1.54, 1.807) is 0 Å². The van der Waals surface area contributed by atoms with Gasteiger partial charge in [-0.15, -0.1) is 0 Å². The van der Waals surface area contributed by atoms with Gasteiger partial charge in [-0.25, -0.2) is 0 Å². The van der Waals surface area contributed by atoms with Crippen molar-refractivity contribution in [3.63, 3.8) is 0 Å². The Morgan fingerprint density at radius 2 is 1.69 bits per heavy atom. The summed E-state index contributed by atoms with van der Waals surface area (Å²) in [4.78, 5) is 11.2. The molecule has 1 heterocycles. The highest BCUT2D eigenvalue weighted by atomic mass is 19.1. The van der Waals surface area contributed by atoms with Crippen molar-refractivity contribution in [1.82, 2.24) is 0 Å². The molecule has 0 N–H and O–H groups in total. The van der Waals surface area contributed by atoms with Crippen LogP contribution in [0.25, 0.3) is 0 Å². The Balaban J connectivity index is 2.40. The van der Waals surface area contributed by atoms with Crippen LogP contribution in [0.5, 0.6) is 0 Å². The predicted molar refractivity (Wildman–Crippen MR) is 54.5 cm³/mol. The molecule has 86 valence electrons. The standard InChI is InChI=1S/C10H10F2N2O2/c11-8-5-7(13-3-1-2-4-13)6-9(12)10(8)14(15)16/h5-6H,1-4H2. The van der Waals surface area contributed by atoms with Gasteiger partial charge in [-0.05, 0) is 12.8 Å². The van der Waals surface area contributed by atoms with Crippen LogP contribution >= 0.6 is 0 Å². The van der Waals surface area contributed by atoms with E-state index in [0.717, 1.165) is 38.1 Å². The second-order valence-corrected chi connectivity index (χ2v) is 3.71. The van der Waals surface area contributed by atoms with Gasteiger partial charge in [-0.2, -0.15) is 8.78 Å². The molecule has 0 amide bonds. The van der Waals surface area contributed by atoms with Crippen LogP contribution in [-0.2, 0) is 0 Å². The highest BCUT2D eigenvalue weighted by Crippen LogP contribution is 2.29. The van der Waals surface area contributed by atoms with E-state index in [1.165, 1.54) is 0 Å². The first-order chi connectivity index (χ1) is 7.59. The molecule has 4 nitrogen and oxygen atoms in total. The average Bonchev–Trinajstić information content (AvgIpc) is 2.67. The van der Waals surface area contributed by atoms with Crippen molar-refractivity contribution in [2.45, 2.75) is 12.8 Å². The monoisotopic (exact) mass is 228 g/mol. The van der Waals surface area contributed by atoms with Crippen molar-refractivity contribution in [3.05, 3.63) is 33.9 Å². The Bertz CT molecular complexity index is 408. The number of nitrogens with zero attached hydrogens (tertiary/aromatic N) is 2. The first-order valence-corrected chi connectivity index (χ1v) is 4.98. The number of benzene rings is 1. The van der Waals surface area contributed by atoms with Crippen molar-refractivity contribution in [2.75, 3.05) is 18.0 Å². The molecule has 0 aromatic heterocycles. The summed E-state index contributed by atoms with van der Waals surface area (Å²) in [5.74, 6) is -2.24. The zero-order valence-corrected chi connectivity index (χ0v) is 8.45. The highest BCUT2D eigenvalue weighted by Gasteiger charge is 2.24. The van der Waals surface area contributed by atoms with Crippen molar-refractivity contribution >= 4 is 11.4 Å². The minimum atomic E-state index is -1.12.